The van der Waals surface area contributed by atoms with Crippen molar-refractivity contribution in [2.45, 2.75) is 51.0 Å². The van der Waals surface area contributed by atoms with Crippen molar-refractivity contribution >= 4 is 5.69 Å². The minimum Gasteiger partial charge on any atom is -0.364 e. The van der Waals surface area contributed by atoms with Crippen LogP contribution in [0.1, 0.15) is 44.6 Å². The van der Waals surface area contributed by atoms with Gasteiger partial charge in [-0.05, 0) is 49.7 Å². The Morgan fingerprint density at radius 1 is 1.26 bits per heavy atom. The molecule has 1 aliphatic carbocycles. The van der Waals surface area contributed by atoms with Crippen molar-refractivity contribution in [2.75, 3.05) is 18.0 Å². The average Bonchev–Trinajstić information content (AvgIpc) is 2.69. The van der Waals surface area contributed by atoms with E-state index in [4.69, 9.17) is 5.73 Å². The Hall–Kier alpha value is -1.02. The molecule has 1 heterocycles. The van der Waals surface area contributed by atoms with Crippen LogP contribution >= 0.6 is 0 Å². The van der Waals surface area contributed by atoms with Crippen molar-refractivity contribution in [3.05, 3.63) is 29.8 Å². The third-order valence-electron chi connectivity index (χ3n) is 5.42. The number of benzene rings is 1. The Balaban J connectivity index is 2.04. The van der Waals surface area contributed by atoms with Crippen molar-refractivity contribution < 1.29 is 0 Å². The van der Waals surface area contributed by atoms with Crippen LogP contribution in [0.25, 0.3) is 0 Å². The molecule has 104 valence electrons. The van der Waals surface area contributed by atoms with Gasteiger partial charge in [-0.3, -0.25) is 0 Å². The fraction of sp³-hybridized carbons (Fsp3) is 0.647. The number of nitrogens with zero attached hydrogens (tertiary/aromatic N) is 1. The lowest BCUT2D eigenvalue weighted by molar-refractivity contribution is 0.317. The predicted octanol–water partition coefficient (Wildman–Crippen LogP) is 3.35. The van der Waals surface area contributed by atoms with E-state index in [1.165, 1.54) is 56.3 Å². The summed E-state index contributed by atoms with van der Waals surface area (Å²) in [6.45, 7) is 4.37. The van der Waals surface area contributed by atoms with Gasteiger partial charge in [0.2, 0.25) is 0 Å². The van der Waals surface area contributed by atoms with Crippen molar-refractivity contribution in [1.29, 1.82) is 0 Å². The van der Waals surface area contributed by atoms with E-state index < -0.39 is 0 Å². The summed E-state index contributed by atoms with van der Waals surface area (Å²) >= 11 is 0. The molecule has 0 bridgehead atoms. The van der Waals surface area contributed by atoms with Gasteiger partial charge in [0.25, 0.3) is 0 Å². The first-order chi connectivity index (χ1) is 9.28. The Bertz CT molecular complexity index is 443. The number of nitrogens with two attached hydrogens (primary N) is 1. The molecule has 2 aliphatic rings. The fourth-order valence-corrected chi connectivity index (χ4v) is 4.20. The summed E-state index contributed by atoms with van der Waals surface area (Å²) in [6, 6.07) is 8.97. The molecular formula is C17H26N2. The topological polar surface area (TPSA) is 29.3 Å². The number of aryl methyl sites for hydroxylation is 1. The van der Waals surface area contributed by atoms with Crippen LogP contribution in [0, 0.1) is 5.92 Å². The molecular weight excluding hydrogens is 232 g/mol. The summed E-state index contributed by atoms with van der Waals surface area (Å²) in [4.78, 5) is 2.67. The van der Waals surface area contributed by atoms with E-state index in [2.05, 4.69) is 36.1 Å². The molecule has 1 fully saturated rings. The van der Waals surface area contributed by atoms with Gasteiger partial charge in [0.05, 0.1) is 5.54 Å². The van der Waals surface area contributed by atoms with Gasteiger partial charge in [0, 0.05) is 18.8 Å². The standard InChI is InChI=1S/C17H26N2/c1-14-7-6-11-17(14,13-18)19-12-5-4-9-15-8-2-3-10-16(15)19/h2-3,8,10,14H,4-7,9,11-13,18H2,1H3. The largest absolute Gasteiger partial charge is 0.364 e. The van der Waals surface area contributed by atoms with Crippen molar-refractivity contribution in [3.8, 4) is 0 Å². The summed E-state index contributed by atoms with van der Waals surface area (Å²) < 4.78 is 0. The molecule has 2 nitrogen and oxygen atoms in total. The number of hydrogen-bond acceptors (Lipinski definition) is 2. The molecule has 2 N–H and O–H groups in total. The second-order valence-corrected chi connectivity index (χ2v) is 6.34. The summed E-state index contributed by atoms with van der Waals surface area (Å²) in [6.07, 6.45) is 7.75. The number of para-hydroxylation sites is 1. The lowest BCUT2D eigenvalue weighted by Gasteiger charge is -2.46. The first-order valence-corrected chi connectivity index (χ1v) is 7.83. The predicted molar refractivity (Wildman–Crippen MR) is 81.5 cm³/mol. The highest BCUT2D eigenvalue weighted by molar-refractivity contribution is 5.57. The van der Waals surface area contributed by atoms with Gasteiger partial charge in [-0.25, -0.2) is 0 Å². The zero-order valence-corrected chi connectivity index (χ0v) is 12.1. The maximum absolute atomic E-state index is 6.26. The van der Waals surface area contributed by atoms with E-state index in [9.17, 15) is 0 Å². The van der Waals surface area contributed by atoms with E-state index in [1.807, 2.05) is 0 Å². The van der Waals surface area contributed by atoms with Gasteiger partial charge in [0.1, 0.15) is 0 Å². The second kappa shape index (κ2) is 5.16. The summed E-state index contributed by atoms with van der Waals surface area (Å²) in [5, 5.41) is 0. The first kappa shape index (κ1) is 13.0. The highest BCUT2D eigenvalue weighted by Crippen LogP contribution is 2.43. The van der Waals surface area contributed by atoms with E-state index in [0.29, 0.717) is 5.92 Å². The summed E-state index contributed by atoms with van der Waals surface area (Å²) in [5.41, 5.74) is 9.44. The first-order valence-electron chi connectivity index (χ1n) is 7.83. The van der Waals surface area contributed by atoms with Gasteiger partial charge in [-0.2, -0.15) is 0 Å². The van der Waals surface area contributed by atoms with Crippen LogP contribution in [-0.2, 0) is 6.42 Å². The maximum atomic E-state index is 6.26. The van der Waals surface area contributed by atoms with Crippen LogP contribution in [0.5, 0.6) is 0 Å². The fourth-order valence-electron chi connectivity index (χ4n) is 4.20. The van der Waals surface area contributed by atoms with E-state index >= 15 is 0 Å². The second-order valence-electron chi connectivity index (χ2n) is 6.34. The quantitative estimate of drug-likeness (QED) is 0.881. The molecule has 1 saturated carbocycles. The molecule has 1 aromatic rings. The molecule has 0 spiro atoms. The Morgan fingerprint density at radius 2 is 2.11 bits per heavy atom. The highest BCUT2D eigenvalue weighted by Gasteiger charge is 2.44. The van der Waals surface area contributed by atoms with Crippen LogP contribution in [0.2, 0.25) is 0 Å². The smallest absolute Gasteiger partial charge is 0.0549 e. The van der Waals surface area contributed by atoms with Crippen molar-refractivity contribution in [1.82, 2.24) is 0 Å². The van der Waals surface area contributed by atoms with Gasteiger partial charge in [-0.1, -0.05) is 31.5 Å². The number of rotatable bonds is 2. The van der Waals surface area contributed by atoms with Crippen LogP contribution < -0.4 is 10.6 Å². The van der Waals surface area contributed by atoms with Crippen LogP contribution in [0.4, 0.5) is 5.69 Å². The average molecular weight is 258 g/mol. The van der Waals surface area contributed by atoms with Crippen LogP contribution in [-0.4, -0.2) is 18.6 Å². The zero-order chi connectivity index (χ0) is 13.3. The third-order valence-corrected chi connectivity index (χ3v) is 5.42. The maximum Gasteiger partial charge on any atom is 0.0549 e. The molecule has 1 aromatic carbocycles. The molecule has 3 rings (SSSR count). The lowest BCUT2D eigenvalue weighted by atomic mass is 9.85. The molecule has 19 heavy (non-hydrogen) atoms. The Kier molecular flexibility index (Phi) is 3.53. The number of anilines is 1. The Labute approximate surface area is 117 Å². The van der Waals surface area contributed by atoms with Crippen LogP contribution in [0.3, 0.4) is 0 Å². The SMILES string of the molecule is CC1CCCC1(CN)N1CCCCc2ccccc21. The molecule has 0 amide bonds. The highest BCUT2D eigenvalue weighted by atomic mass is 15.2. The number of fused-ring (bicyclic) bond motifs is 1. The molecule has 0 aromatic heterocycles. The van der Waals surface area contributed by atoms with Crippen molar-refractivity contribution in [2.24, 2.45) is 11.7 Å². The molecule has 0 saturated heterocycles. The molecule has 2 unspecified atom stereocenters. The minimum atomic E-state index is 0.209. The molecule has 2 atom stereocenters. The van der Waals surface area contributed by atoms with Gasteiger partial charge in [-0.15, -0.1) is 0 Å². The molecule has 2 heteroatoms. The molecule has 1 aliphatic heterocycles. The van der Waals surface area contributed by atoms with Crippen LogP contribution in [0.15, 0.2) is 24.3 Å². The molecule has 0 radical (unpaired) electrons. The Morgan fingerprint density at radius 3 is 2.84 bits per heavy atom. The van der Waals surface area contributed by atoms with Crippen molar-refractivity contribution in [3.63, 3.8) is 0 Å². The summed E-state index contributed by atoms with van der Waals surface area (Å²) in [5.74, 6) is 0.712. The number of hydrogen-bond donors (Lipinski definition) is 1. The van der Waals surface area contributed by atoms with E-state index in [1.54, 1.807) is 0 Å². The monoisotopic (exact) mass is 258 g/mol. The zero-order valence-electron chi connectivity index (χ0n) is 12.1. The lowest BCUT2D eigenvalue weighted by Crippen LogP contribution is -2.56. The van der Waals surface area contributed by atoms with Gasteiger partial charge in [0.15, 0.2) is 0 Å². The summed E-state index contributed by atoms with van der Waals surface area (Å²) in [7, 11) is 0. The normalized spacial score (nSPS) is 31.1. The minimum absolute atomic E-state index is 0.209. The van der Waals surface area contributed by atoms with Gasteiger partial charge >= 0.3 is 0 Å². The van der Waals surface area contributed by atoms with Gasteiger partial charge < -0.3 is 10.6 Å². The van der Waals surface area contributed by atoms with E-state index in [-0.39, 0.29) is 5.54 Å². The third kappa shape index (κ3) is 2.06. The van der Waals surface area contributed by atoms with E-state index in [0.717, 1.165) is 6.54 Å².